The number of nitrogens with zero attached hydrogens (tertiary/aromatic N) is 2. The number of aryl methyl sites for hydroxylation is 1. The summed E-state index contributed by atoms with van der Waals surface area (Å²) < 4.78 is 19.9. The molecule has 2 aromatic carbocycles. The van der Waals surface area contributed by atoms with Crippen molar-refractivity contribution in [3.05, 3.63) is 77.8 Å². The zero-order chi connectivity index (χ0) is 25.5. The van der Waals surface area contributed by atoms with E-state index in [2.05, 4.69) is 15.8 Å². The number of benzene rings is 2. The molecule has 1 heterocycles. The smallest absolute Gasteiger partial charge is 0.248 e. The monoisotopic (exact) mass is 492 g/mol. The molecule has 0 aliphatic heterocycles. The Balaban J connectivity index is 1.61. The molecule has 0 bridgehead atoms. The van der Waals surface area contributed by atoms with Gasteiger partial charge >= 0.3 is 0 Å². The normalized spacial score (nSPS) is 14.3. The SMILES string of the molecule is Cc1cc(NC(=O)CCC(=O)N(c2ccccc2F)[C@H](C(=O)NC2CCCC2)c2ccccc2)no1. The van der Waals surface area contributed by atoms with Gasteiger partial charge in [0.25, 0.3) is 0 Å². The van der Waals surface area contributed by atoms with Gasteiger partial charge in [-0.3, -0.25) is 19.3 Å². The standard InChI is InChI=1S/C27H29FN4O4/c1-18-17-23(31-36-18)30-24(33)15-16-25(34)32(22-14-8-7-13-21(22)28)26(19-9-3-2-4-10-19)27(35)29-20-11-5-6-12-20/h2-4,7-10,13-14,17,20,26H,5-6,11-12,15-16H2,1H3,(H,29,35)(H,30,31,33)/t26-/m0/s1. The molecule has 1 saturated carbocycles. The van der Waals surface area contributed by atoms with E-state index in [4.69, 9.17) is 4.52 Å². The van der Waals surface area contributed by atoms with Crippen molar-refractivity contribution in [2.24, 2.45) is 0 Å². The highest BCUT2D eigenvalue weighted by atomic mass is 19.1. The molecule has 9 heteroatoms. The molecule has 8 nitrogen and oxygen atoms in total. The molecule has 0 radical (unpaired) electrons. The number of nitrogens with one attached hydrogen (secondary N) is 2. The number of carbonyl (C=O) groups excluding carboxylic acids is 3. The predicted octanol–water partition coefficient (Wildman–Crippen LogP) is 4.67. The highest BCUT2D eigenvalue weighted by Crippen LogP contribution is 2.31. The van der Waals surface area contributed by atoms with Crippen LogP contribution in [0.1, 0.15) is 55.9 Å². The van der Waals surface area contributed by atoms with Crippen LogP contribution in [0.15, 0.2) is 65.2 Å². The van der Waals surface area contributed by atoms with Crippen LogP contribution in [0.2, 0.25) is 0 Å². The van der Waals surface area contributed by atoms with E-state index in [9.17, 15) is 14.4 Å². The Bertz CT molecular complexity index is 1210. The van der Waals surface area contributed by atoms with Crippen LogP contribution in [0.3, 0.4) is 0 Å². The van der Waals surface area contributed by atoms with Crippen molar-refractivity contribution in [2.75, 3.05) is 10.2 Å². The summed E-state index contributed by atoms with van der Waals surface area (Å²) in [6.45, 7) is 1.69. The van der Waals surface area contributed by atoms with Crippen LogP contribution in [0, 0.1) is 12.7 Å². The number of hydrogen-bond donors (Lipinski definition) is 2. The average Bonchev–Trinajstić information content (AvgIpc) is 3.53. The van der Waals surface area contributed by atoms with E-state index < -0.39 is 23.7 Å². The lowest BCUT2D eigenvalue weighted by molar-refractivity contribution is -0.127. The minimum absolute atomic E-state index is 0.0120. The van der Waals surface area contributed by atoms with Crippen molar-refractivity contribution in [3.63, 3.8) is 0 Å². The van der Waals surface area contributed by atoms with E-state index in [1.54, 1.807) is 49.4 Å². The summed E-state index contributed by atoms with van der Waals surface area (Å²) in [5.41, 5.74) is 0.526. The number of amides is 3. The van der Waals surface area contributed by atoms with Gasteiger partial charge in [-0.1, -0.05) is 60.5 Å². The summed E-state index contributed by atoms with van der Waals surface area (Å²) in [5.74, 6) is -1.24. The van der Waals surface area contributed by atoms with E-state index in [-0.39, 0.29) is 36.3 Å². The molecule has 4 rings (SSSR count). The number of halogens is 1. The van der Waals surface area contributed by atoms with Gasteiger partial charge in [0, 0.05) is 24.9 Å². The van der Waals surface area contributed by atoms with Crippen LogP contribution in [0.4, 0.5) is 15.9 Å². The van der Waals surface area contributed by atoms with Crippen LogP contribution >= 0.6 is 0 Å². The van der Waals surface area contributed by atoms with E-state index in [0.29, 0.717) is 11.3 Å². The highest BCUT2D eigenvalue weighted by Gasteiger charge is 2.35. The van der Waals surface area contributed by atoms with Gasteiger partial charge in [-0.2, -0.15) is 0 Å². The Morgan fingerprint density at radius 3 is 2.42 bits per heavy atom. The van der Waals surface area contributed by atoms with Gasteiger partial charge < -0.3 is 15.2 Å². The van der Waals surface area contributed by atoms with Gasteiger partial charge in [-0.05, 0) is 37.5 Å². The summed E-state index contributed by atoms with van der Waals surface area (Å²) in [5, 5.41) is 9.33. The maximum Gasteiger partial charge on any atom is 0.248 e. The zero-order valence-corrected chi connectivity index (χ0v) is 20.1. The average molecular weight is 493 g/mol. The number of carbonyl (C=O) groups is 3. The minimum atomic E-state index is -1.10. The summed E-state index contributed by atoms with van der Waals surface area (Å²) in [6.07, 6.45) is 3.36. The van der Waals surface area contributed by atoms with E-state index in [0.717, 1.165) is 25.7 Å². The molecule has 2 N–H and O–H groups in total. The van der Waals surface area contributed by atoms with Crippen LogP contribution in [0.5, 0.6) is 0 Å². The van der Waals surface area contributed by atoms with E-state index >= 15 is 4.39 Å². The van der Waals surface area contributed by atoms with Crippen molar-refractivity contribution < 1.29 is 23.3 Å². The molecule has 1 aliphatic carbocycles. The molecule has 0 spiro atoms. The fourth-order valence-electron chi connectivity index (χ4n) is 4.44. The second kappa shape index (κ2) is 11.6. The summed E-state index contributed by atoms with van der Waals surface area (Å²) in [4.78, 5) is 40.8. The molecular weight excluding hydrogens is 463 g/mol. The Morgan fingerprint density at radius 1 is 1.06 bits per heavy atom. The van der Waals surface area contributed by atoms with Crippen molar-refractivity contribution >= 4 is 29.2 Å². The first-order valence-electron chi connectivity index (χ1n) is 12.1. The highest BCUT2D eigenvalue weighted by molar-refractivity contribution is 6.03. The third-order valence-corrected chi connectivity index (χ3v) is 6.17. The number of hydrogen-bond acceptors (Lipinski definition) is 5. The fraction of sp³-hybridized carbons (Fsp3) is 0.333. The van der Waals surface area contributed by atoms with Gasteiger partial charge in [0.05, 0.1) is 5.69 Å². The van der Waals surface area contributed by atoms with Gasteiger partial charge in [0.2, 0.25) is 17.7 Å². The Morgan fingerprint density at radius 2 is 1.75 bits per heavy atom. The summed E-state index contributed by atoms with van der Waals surface area (Å²) in [6, 6.07) is 15.1. The lowest BCUT2D eigenvalue weighted by Crippen LogP contribution is -2.46. The number of aromatic nitrogens is 1. The maximum absolute atomic E-state index is 15.0. The quantitative estimate of drug-likeness (QED) is 0.452. The van der Waals surface area contributed by atoms with Crippen LogP contribution < -0.4 is 15.5 Å². The number of para-hydroxylation sites is 1. The summed E-state index contributed by atoms with van der Waals surface area (Å²) in [7, 11) is 0. The Hall–Kier alpha value is -4.01. The van der Waals surface area contributed by atoms with Crippen LogP contribution in [-0.4, -0.2) is 28.9 Å². The predicted molar refractivity (Wildman–Crippen MR) is 133 cm³/mol. The third kappa shape index (κ3) is 6.16. The zero-order valence-electron chi connectivity index (χ0n) is 20.1. The van der Waals surface area contributed by atoms with E-state index in [1.807, 2.05) is 0 Å². The lowest BCUT2D eigenvalue weighted by Gasteiger charge is -2.32. The van der Waals surface area contributed by atoms with Gasteiger partial charge in [-0.25, -0.2) is 4.39 Å². The topological polar surface area (TPSA) is 105 Å². The molecule has 1 atom stereocenters. The largest absolute Gasteiger partial charge is 0.360 e. The summed E-state index contributed by atoms with van der Waals surface area (Å²) >= 11 is 0. The Labute approximate surface area is 208 Å². The van der Waals surface area contributed by atoms with Crippen molar-refractivity contribution in [1.82, 2.24) is 10.5 Å². The van der Waals surface area contributed by atoms with Crippen molar-refractivity contribution in [3.8, 4) is 0 Å². The van der Waals surface area contributed by atoms with Crippen LogP contribution in [-0.2, 0) is 14.4 Å². The molecule has 3 aromatic rings. The van der Waals surface area contributed by atoms with Gasteiger partial charge in [-0.15, -0.1) is 0 Å². The first-order chi connectivity index (χ1) is 17.4. The molecule has 1 aromatic heterocycles. The molecule has 36 heavy (non-hydrogen) atoms. The molecule has 1 fully saturated rings. The number of rotatable bonds is 9. The first kappa shape index (κ1) is 25.1. The van der Waals surface area contributed by atoms with E-state index in [1.165, 1.54) is 23.1 Å². The Kier molecular flexibility index (Phi) is 8.10. The molecule has 0 unspecified atom stereocenters. The second-order valence-corrected chi connectivity index (χ2v) is 8.89. The maximum atomic E-state index is 15.0. The third-order valence-electron chi connectivity index (χ3n) is 6.17. The first-order valence-corrected chi connectivity index (χ1v) is 12.1. The molecular formula is C27H29FN4O4. The van der Waals surface area contributed by atoms with Crippen molar-refractivity contribution in [1.29, 1.82) is 0 Å². The minimum Gasteiger partial charge on any atom is -0.360 e. The number of anilines is 2. The molecule has 3 amide bonds. The van der Waals surface area contributed by atoms with Crippen LogP contribution in [0.25, 0.3) is 0 Å². The fourth-order valence-corrected chi connectivity index (χ4v) is 4.44. The second-order valence-electron chi connectivity index (χ2n) is 8.89. The van der Waals surface area contributed by atoms with Gasteiger partial charge in [0.15, 0.2) is 5.82 Å². The lowest BCUT2D eigenvalue weighted by atomic mass is 10.0. The van der Waals surface area contributed by atoms with Gasteiger partial charge in [0.1, 0.15) is 17.6 Å². The molecule has 1 aliphatic rings. The van der Waals surface area contributed by atoms with Crippen molar-refractivity contribution in [2.45, 2.75) is 57.5 Å². The molecule has 188 valence electrons. The molecule has 0 saturated heterocycles.